The zero-order valence-electron chi connectivity index (χ0n) is 16.9. The lowest BCUT2D eigenvalue weighted by molar-refractivity contribution is 0.218. The molecule has 6 heteroatoms. The Kier molecular flexibility index (Phi) is 6.16. The lowest BCUT2D eigenvalue weighted by Crippen LogP contribution is -2.26. The third-order valence-corrected chi connectivity index (χ3v) is 7.12. The number of ether oxygens (including phenoxy) is 2. The first-order valence-electron chi connectivity index (χ1n) is 9.28. The Balaban J connectivity index is 1.93. The van der Waals surface area contributed by atoms with E-state index in [1.54, 1.807) is 31.8 Å². The molecule has 0 N–H and O–H groups in total. The zero-order valence-corrected chi connectivity index (χ0v) is 19.3. The summed E-state index contributed by atoms with van der Waals surface area (Å²) in [5.41, 5.74) is 3.10. The van der Waals surface area contributed by atoms with E-state index in [4.69, 9.17) is 9.47 Å². The predicted octanol–water partition coefficient (Wildman–Crippen LogP) is 6.30. The van der Waals surface area contributed by atoms with Crippen LogP contribution in [0.15, 0.2) is 21.6 Å². The van der Waals surface area contributed by atoms with Crippen molar-refractivity contribution >= 4 is 38.5 Å². The molecule has 0 saturated carbocycles. The van der Waals surface area contributed by atoms with Crippen molar-refractivity contribution in [2.24, 2.45) is 16.3 Å². The van der Waals surface area contributed by atoms with Crippen LogP contribution in [0.4, 0.5) is 5.00 Å². The van der Waals surface area contributed by atoms with Gasteiger partial charge in [-0.15, -0.1) is 11.3 Å². The van der Waals surface area contributed by atoms with Gasteiger partial charge in [-0.05, 0) is 69.8 Å². The summed E-state index contributed by atoms with van der Waals surface area (Å²) in [6.45, 7) is 6.90. The van der Waals surface area contributed by atoms with Crippen LogP contribution in [-0.4, -0.2) is 20.4 Å². The van der Waals surface area contributed by atoms with Gasteiger partial charge in [0.15, 0.2) is 11.5 Å². The first-order valence-corrected chi connectivity index (χ1v) is 10.9. The molecule has 0 spiro atoms. The topological polar surface area (TPSA) is 54.6 Å². The third kappa shape index (κ3) is 4.11. The molecule has 28 heavy (non-hydrogen) atoms. The van der Waals surface area contributed by atoms with Gasteiger partial charge in [0.1, 0.15) is 11.1 Å². The number of rotatable bonds is 4. The third-order valence-electron chi connectivity index (χ3n) is 5.37. The highest BCUT2D eigenvalue weighted by Crippen LogP contribution is 2.45. The molecule has 0 saturated heterocycles. The molecule has 0 fully saturated rings. The molecule has 1 aliphatic rings. The van der Waals surface area contributed by atoms with E-state index in [1.165, 1.54) is 10.4 Å². The number of halogens is 1. The molecule has 0 bridgehead atoms. The van der Waals surface area contributed by atoms with Crippen LogP contribution in [0.5, 0.6) is 11.5 Å². The Hall–Kier alpha value is -1.84. The van der Waals surface area contributed by atoms with Crippen molar-refractivity contribution in [2.75, 3.05) is 14.2 Å². The van der Waals surface area contributed by atoms with Crippen LogP contribution in [0.3, 0.4) is 0 Å². The molecule has 4 nitrogen and oxygen atoms in total. The van der Waals surface area contributed by atoms with E-state index < -0.39 is 0 Å². The first-order chi connectivity index (χ1) is 13.3. The van der Waals surface area contributed by atoms with E-state index in [-0.39, 0.29) is 5.41 Å². The van der Waals surface area contributed by atoms with Crippen LogP contribution in [0.25, 0.3) is 0 Å². The molecule has 0 amide bonds. The molecule has 1 heterocycles. The summed E-state index contributed by atoms with van der Waals surface area (Å²) in [5, 5.41) is 10.5. The van der Waals surface area contributed by atoms with E-state index >= 15 is 0 Å². The van der Waals surface area contributed by atoms with E-state index in [2.05, 4.69) is 47.8 Å². The van der Waals surface area contributed by atoms with E-state index in [0.29, 0.717) is 17.4 Å². The van der Waals surface area contributed by atoms with Gasteiger partial charge < -0.3 is 9.47 Å². The number of nitriles is 1. The van der Waals surface area contributed by atoms with Gasteiger partial charge in [0.25, 0.3) is 0 Å². The average Bonchev–Trinajstić information content (AvgIpc) is 3.01. The highest BCUT2D eigenvalue weighted by atomic mass is 79.9. The van der Waals surface area contributed by atoms with Crippen molar-refractivity contribution in [3.05, 3.63) is 38.2 Å². The van der Waals surface area contributed by atoms with Gasteiger partial charge in [-0.2, -0.15) is 5.26 Å². The molecule has 0 unspecified atom stereocenters. The second-order valence-corrected chi connectivity index (χ2v) is 10.0. The number of methoxy groups -OCH3 is 2. The normalized spacial score (nSPS) is 16.7. The Bertz CT molecular complexity index is 951. The summed E-state index contributed by atoms with van der Waals surface area (Å²) < 4.78 is 11.6. The number of hydrogen-bond acceptors (Lipinski definition) is 5. The van der Waals surface area contributed by atoms with Crippen molar-refractivity contribution in [3.8, 4) is 17.6 Å². The summed E-state index contributed by atoms with van der Waals surface area (Å²) in [7, 11) is 3.22. The monoisotopic (exact) mass is 460 g/mol. The second kappa shape index (κ2) is 8.26. The Morgan fingerprint density at radius 2 is 2.04 bits per heavy atom. The van der Waals surface area contributed by atoms with Crippen molar-refractivity contribution in [1.82, 2.24) is 0 Å². The summed E-state index contributed by atoms with van der Waals surface area (Å²) in [5.74, 6) is 1.93. The van der Waals surface area contributed by atoms with Crippen LogP contribution in [-0.2, 0) is 12.8 Å². The average molecular weight is 461 g/mol. The molecule has 1 atom stereocenters. The molecular weight excluding hydrogens is 436 g/mol. The maximum Gasteiger partial charge on any atom is 0.174 e. The van der Waals surface area contributed by atoms with Gasteiger partial charge in [-0.25, -0.2) is 4.99 Å². The lowest BCUT2D eigenvalue weighted by atomic mass is 9.72. The van der Waals surface area contributed by atoms with Crippen molar-refractivity contribution in [3.63, 3.8) is 0 Å². The van der Waals surface area contributed by atoms with Gasteiger partial charge in [0.2, 0.25) is 0 Å². The van der Waals surface area contributed by atoms with Crippen LogP contribution >= 0.6 is 27.3 Å². The fourth-order valence-electron chi connectivity index (χ4n) is 3.66. The van der Waals surface area contributed by atoms with Gasteiger partial charge in [0.05, 0.1) is 24.3 Å². The Labute approximate surface area is 179 Å². The van der Waals surface area contributed by atoms with Crippen LogP contribution in [0, 0.1) is 22.7 Å². The molecule has 0 aliphatic heterocycles. The van der Waals surface area contributed by atoms with Gasteiger partial charge in [0, 0.05) is 11.1 Å². The molecule has 2 aromatic rings. The number of fused-ring (bicyclic) bond motifs is 1. The van der Waals surface area contributed by atoms with Crippen molar-refractivity contribution < 1.29 is 9.47 Å². The zero-order chi connectivity index (χ0) is 20.5. The molecule has 1 aromatic heterocycles. The molecule has 1 aromatic carbocycles. The minimum Gasteiger partial charge on any atom is -0.493 e. The van der Waals surface area contributed by atoms with E-state index in [0.717, 1.165) is 39.9 Å². The van der Waals surface area contributed by atoms with Crippen LogP contribution in [0.2, 0.25) is 0 Å². The smallest absolute Gasteiger partial charge is 0.174 e. The molecule has 148 valence electrons. The number of benzene rings is 1. The molecule has 3 rings (SSSR count). The highest BCUT2D eigenvalue weighted by Gasteiger charge is 2.32. The predicted molar refractivity (Wildman–Crippen MR) is 119 cm³/mol. The SMILES string of the molecule is COc1cc(C=Nc2sc3c(c2C#N)CC[C@@H](C(C)(C)C)C3)cc(Br)c1OC. The number of nitrogens with zero attached hydrogens (tertiary/aromatic N) is 2. The minimum absolute atomic E-state index is 0.282. The van der Waals surface area contributed by atoms with Gasteiger partial charge >= 0.3 is 0 Å². The molecule has 1 aliphatic carbocycles. The standard InChI is InChI=1S/C22H25BrN2O2S/c1-22(2,3)14-6-7-15-16(11-24)21(28-19(15)10-14)25-12-13-8-17(23)20(27-5)18(9-13)26-4/h8-9,12,14H,6-7,10H2,1-5H3/t14-/m1/s1. The fourth-order valence-corrected chi connectivity index (χ4v) is 5.51. The van der Waals surface area contributed by atoms with Crippen LogP contribution < -0.4 is 9.47 Å². The maximum absolute atomic E-state index is 9.72. The van der Waals surface area contributed by atoms with Gasteiger partial charge in [-0.1, -0.05) is 20.8 Å². The molecule has 0 radical (unpaired) electrons. The summed E-state index contributed by atoms with van der Waals surface area (Å²) in [6, 6.07) is 6.20. The minimum atomic E-state index is 0.282. The summed E-state index contributed by atoms with van der Waals surface area (Å²) in [4.78, 5) is 5.99. The largest absolute Gasteiger partial charge is 0.493 e. The summed E-state index contributed by atoms with van der Waals surface area (Å²) >= 11 is 5.17. The van der Waals surface area contributed by atoms with E-state index in [9.17, 15) is 5.26 Å². The van der Waals surface area contributed by atoms with E-state index in [1.807, 2.05) is 12.1 Å². The fraction of sp³-hybridized carbons (Fsp3) is 0.455. The lowest BCUT2D eigenvalue weighted by Gasteiger charge is -2.33. The quantitative estimate of drug-likeness (QED) is 0.502. The number of aliphatic imine (C=N–C) groups is 1. The number of thiophene rings is 1. The molecular formula is C22H25BrN2O2S. The highest BCUT2D eigenvalue weighted by molar-refractivity contribution is 9.10. The summed E-state index contributed by atoms with van der Waals surface area (Å²) in [6.07, 6.45) is 4.92. The van der Waals surface area contributed by atoms with Gasteiger partial charge in [-0.3, -0.25) is 0 Å². The maximum atomic E-state index is 9.72. The number of hydrogen-bond donors (Lipinski definition) is 0. The first kappa shape index (κ1) is 20.9. The van der Waals surface area contributed by atoms with Crippen LogP contribution in [0.1, 0.15) is 48.8 Å². The second-order valence-electron chi connectivity index (χ2n) is 8.10. The Morgan fingerprint density at radius 3 is 2.64 bits per heavy atom. The Morgan fingerprint density at radius 1 is 1.29 bits per heavy atom. The van der Waals surface area contributed by atoms with Crippen molar-refractivity contribution in [1.29, 1.82) is 5.26 Å². The van der Waals surface area contributed by atoms with Crippen molar-refractivity contribution in [2.45, 2.75) is 40.0 Å².